The summed E-state index contributed by atoms with van der Waals surface area (Å²) in [6, 6.07) is 10.2. The van der Waals surface area contributed by atoms with E-state index in [0.29, 0.717) is 11.7 Å². The predicted molar refractivity (Wildman–Crippen MR) is 81.7 cm³/mol. The first-order valence-corrected chi connectivity index (χ1v) is 6.98. The Morgan fingerprint density at radius 2 is 1.90 bits per heavy atom. The number of benzene rings is 2. The number of ketones is 1. The van der Waals surface area contributed by atoms with E-state index < -0.39 is 5.82 Å². The molecule has 0 unspecified atom stereocenters. The number of halogens is 1. The second-order valence-electron chi connectivity index (χ2n) is 5.45. The van der Waals surface area contributed by atoms with Gasteiger partial charge in [0.1, 0.15) is 5.75 Å². The maximum absolute atomic E-state index is 14.0. The SMILES string of the molecule is CC(=O)c1cccc(F)c1Oc1cc(C(C)C)ccc1C. The molecule has 0 amide bonds. The van der Waals surface area contributed by atoms with Crippen LogP contribution in [0.1, 0.15) is 48.2 Å². The normalized spacial score (nSPS) is 10.8. The van der Waals surface area contributed by atoms with Crippen LogP contribution >= 0.6 is 0 Å². The van der Waals surface area contributed by atoms with Crippen LogP contribution in [0.3, 0.4) is 0 Å². The molecule has 3 heteroatoms. The zero-order chi connectivity index (χ0) is 15.6. The number of hydrogen-bond acceptors (Lipinski definition) is 2. The van der Waals surface area contributed by atoms with Gasteiger partial charge in [0.25, 0.3) is 0 Å². The third-order valence-corrected chi connectivity index (χ3v) is 3.44. The van der Waals surface area contributed by atoms with E-state index in [1.165, 1.54) is 19.1 Å². The van der Waals surface area contributed by atoms with Crippen molar-refractivity contribution in [2.24, 2.45) is 0 Å². The average Bonchev–Trinajstić information content (AvgIpc) is 2.42. The summed E-state index contributed by atoms with van der Waals surface area (Å²) in [6.07, 6.45) is 0. The van der Waals surface area contributed by atoms with Crippen molar-refractivity contribution in [2.45, 2.75) is 33.6 Å². The fraction of sp³-hybridized carbons (Fsp3) is 0.278. The summed E-state index contributed by atoms with van der Waals surface area (Å²) in [6.45, 7) is 7.46. The minimum Gasteiger partial charge on any atom is -0.453 e. The van der Waals surface area contributed by atoms with Gasteiger partial charge in [-0.2, -0.15) is 0 Å². The Bertz CT molecular complexity index is 675. The summed E-state index contributed by atoms with van der Waals surface area (Å²) in [4.78, 5) is 11.6. The number of carbonyl (C=O) groups excluding carboxylic acids is 1. The van der Waals surface area contributed by atoms with Gasteiger partial charge in [-0.1, -0.05) is 32.0 Å². The molecule has 2 nitrogen and oxygen atoms in total. The lowest BCUT2D eigenvalue weighted by atomic mass is 10.0. The van der Waals surface area contributed by atoms with E-state index in [9.17, 15) is 9.18 Å². The Labute approximate surface area is 124 Å². The van der Waals surface area contributed by atoms with Gasteiger partial charge < -0.3 is 4.74 Å². The molecule has 0 N–H and O–H groups in total. The van der Waals surface area contributed by atoms with Gasteiger partial charge in [-0.25, -0.2) is 4.39 Å². The molecular weight excluding hydrogens is 267 g/mol. The highest BCUT2D eigenvalue weighted by Crippen LogP contribution is 2.32. The molecule has 2 aromatic rings. The van der Waals surface area contributed by atoms with Gasteiger partial charge >= 0.3 is 0 Å². The fourth-order valence-corrected chi connectivity index (χ4v) is 2.09. The lowest BCUT2D eigenvalue weighted by Crippen LogP contribution is -2.01. The number of aryl methyl sites for hydroxylation is 1. The molecule has 0 aromatic heterocycles. The molecule has 0 heterocycles. The standard InChI is InChI=1S/C18H19FO2/c1-11(2)14-9-8-12(3)17(10-14)21-18-15(13(4)20)6-5-7-16(18)19/h5-11H,1-4H3. The predicted octanol–water partition coefficient (Wildman–Crippen LogP) is 5.25. The topological polar surface area (TPSA) is 26.3 Å². The van der Waals surface area contributed by atoms with Crippen molar-refractivity contribution in [3.8, 4) is 11.5 Å². The monoisotopic (exact) mass is 286 g/mol. The molecule has 0 atom stereocenters. The average molecular weight is 286 g/mol. The summed E-state index contributed by atoms with van der Waals surface area (Å²) in [5, 5.41) is 0. The first-order chi connectivity index (χ1) is 9.90. The third kappa shape index (κ3) is 3.30. The van der Waals surface area contributed by atoms with E-state index >= 15 is 0 Å². The second-order valence-corrected chi connectivity index (χ2v) is 5.45. The minimum atomic E-state index is -0.531. The van der Waals surface area contributed by atoms with Crippen molar-refractivity contribution in [3.63, 3.8) is 0 Å². The first-order valence-electron chi connectivity index (χ1n) is 6.98. The molecule has 0 aliphatic rings. The van der Waals surface area contributed by atoms with Crippen LogP contribution in [0.15, 0.2) is 36.4 Å². The molecule has 0 saturated carbocycles. The molecule has 0 aliphatic heterocycles. The van der Waals surface area contributed by atoms with Gasteiger partial charge in [0.05, 0.1) is 5.56 Å². The van der Waals surface area contributed by atoms with E-state index in [0.717, 1.165) is 11.1 Å². The number of ether oxygens (including phenoxy) is 1. The second kappa shape index (κ2) is 6.08. The maximum atomic E-state index is 14.0. The van der Waals surface area contributed by atoms with Crippen molar-refractivity contribution in [3.05, 3.63) is 58.9 Å². The molecule has 110 valence electrons. The summed E-state index contributed by atoms with van der Waals surface area (Å²) in [7, 11) is 0. The molecule has 0 fully saturated rings. The summed E-state index contributed by atoms with van der Waals surface area (Å²) < 4.78 is 19.7. The van der Waals surface area contributed by atoms with E-state index in [1.807, 2.05) is 25.1 Å². The lowest BCUT2D eigenvalue weighted by Gasteiger charge is -2.14. The van der Waals surface area contributed by atoms with Crippen molar-refractivity contribution < 1.29 is 13.9 Å². The quantitative estimate of drug-likeness (QED) is 0.717. The van der Waals surface area contributed by atoms with Crippen molar-refractivity contribution in [1.82, 2.24) is 0 Å². The van der Waals surface area contributed by atoms with Gasteiger partial charge in [0.2, 0.25) is 0 Å². The van der Waals surface area contributed by atoms with Gasteiger partial charge in [-0.3, -0.25) is 4.79 Å². The molecule has 2 rings (SSSR count). The highest BCUT2D eigenvalue weighted by Gasteiger charge is 2.15. The Kier molecular flexibility index (Phi) is 4.41. The molecular formula is C18H19FO2. The van der Waals surface area contributed by atoms with E-state index in [2.05, 4.69) is 13.8 Å². The Morgan fingerprint density at radius 1 is 1.19 bits per heavy atom. The van der Waals surface area contributed by atoms with Crippen LogP contribution in [0.2, 0.25) is 0 Å². The van der Waals surface area contributed by atoms with E-state index in [1.54, 1.807) is 6.07 Å². The van der Waals surface area contributed by atoms with E-state index in [4.69, 9.17) is 4.74 Å². The zero-order valence-electron chi connectivity index (χ0n) is 12.7. The van der Waals surface area contributed by atoms with E-state index in [-0.39, 0.29) is 17.1 Å². The maximum Gasteiger partial charge on any atom is 0.173 e. The number of rotatable bonds is 4. The molecule has 0 radical (unpaired) electrons. The smallest absolute Gasteiger partial charge is 0.173 e. The van der Waals surface area contributed by atoms with Crippen molar-refractivity contribution in [2.75, 3.05) is 0 Å². The largest absolute Gasteiger partial charge is 0.453 e. The van der Waals surface area contributed by atoms with Gasteiger partial charge in [0, 0.05) is 0 Å². The van der Waals surface area contributed by atoms with Crippen LogP contribution in [0.4, 0.5) is 4.39 Å². The number of para-hydroxylation sites is 1. The van der Waals surface area contributed by atoms with Crippen molar-refractivity contribution in [1.29, 1.82) is 0 Å². The molecule has 0 bridgehead atoms. The van der Waals surface area contributed by atoms with Crippen LogP contribution in [0, 0.1) is 12.7 Å². The van der Waals surface area contributed by atoms with Gasteiger partial charge in [0.15, 0.2) is 17.3 Å². The van der Waals surface area contributed by atoms with Gasteiger partial charge in [-0.15, -0.1) is 0 Å². The summed E-state index contributed by atoms with van der Waals surface area (Å²) in [5.74, 6) is 0.169. The summed E-state index contributed by atoms with van der Waals surface area (Å²) in [5.41, 5.74) is 2.26. The number of hydrogen-bond donors (Lipinski definition) is 0. The molecule has 0 spiro atoms. The van der Waals surface area contributed by atoms with Gasteiger partial charge in [-0.05, 0) is 49.1 Å². The molecule has 2 aromatic carbocycles. The van der Waals surface area contributed by atoms with Crippen LogP contribution in [-0.2, 0) is 0 Å². The third-order valence-electron chi connectivity index (χ3n) is 3.44. The number of carbonyl (C=O) groups is 1. The molecule has 0 aliphatic carbocycles. The highest BCUT2D eigenvalue weighted by molar-refractivity contribution is 5.96. The van der Waals surface area contributed by atoms with Crippen molar-refractivity contribution >= 4 is 5.78 Å². The zero-order valence-corrected chi connectivity index (χ0v) is 12.7. The minimum absolute atomic E-state index is 0.00555. The highest BCUT2D eigenvalue weighted by atomic mass is 19.1. The molecule has 0 saturated heterocycles. The molecule has 21 heavy (non-hydrogen) atoms. The fourth-order valence-electron chi connectivity index (χ4n) is 2.09. The Morgan fingerprint density at radius 3 is 2.52 bits per heavy atom. The Balaban J connectivity index is 2.48. The lowest BCUT2D eigenvalue weighted by molar-refractivity contribution is 0.101. The van der Waals surface area contributed by atoms with Crippen LogP contribution in [0.5, 0.6) is 11.5 Å². The van der Waals surface area contributed by atoms with Crippen LogP contribution in [-0.4, -0.2) is 5.78 Å². The first kappa shape index (κ1) is 15.2. The van der Waals surface area contributed by atoms with Crippen LogP contribution in [0.25, 0.3) is 0 Å². The number of Topliss-reactive ketones (excluding diaryl/α,β-unsaturated/α-hetero) is 1. The Hall–Kier alpha value is -2.16. The summed E-state index contributed by atoms with van der Waals surface area (Å²) >= 11 is 0. The van der Waals surface area contributed by atoms with Crippen LogP contribution < -0.4 is 4.74 Å².